The molecule has 0 saturated carbocycles. The first kappa shape index (κ1) is 18.8. The Morgan fingerprint density at radius 3 is 2.64 bits per heavy atom. The van der Waals surface area contributed by atoms with Gasteiger partial charge in [0.15, 0.2) is 0 Å². The van der Waals surface area contributed by atoms with Gasteiger partial charge in [0.1, 0.15) is 0 Å². The average Bonchev–Trinajstić information content (AvgIpc) is 3.42. The molecule has 0 atom stereocenters. The van der Waals surface area contributed by atoms with E-state index in [0.29, 0.717) is 23.1 Å². The molecule has 0 radical (unpaired) electrons. The lowest BCUT2D eigenvalue weighted by Crippen LogP contribution is -2.27. The summed E-state index contributed by atoms with van der Waals surface area (Å²) in [7, 11) is -3.44. The quantitative estimate of drug-likeness (QED) is 0.490. The fourth-order valence-corrected chi connectivity index (χ4v) is 5.28. The number of aromatic nitrogens is 1. The summed E-state index contributed by atoms with van der Waals surface area (Å²) in [4.78, 5) is 4.83. The maximum Gasteiger partial charge on any atom is 0.243 e. The van der Waals surface area contributed by atoms with Crippen LogP contribution in [-0.4, -0.2) is 37.0 Å². The second kappa shape index (κ2) is 8.22. The van der Waals surface area contributed by atoms with Crippen LogP contribution in [0.15, 0.2) is 70.0 Å². The van der Waals surface area contributed by atoms with E-state index in [-0.39, 0.29) is 0 Å². The molecule has 0 bridgehead atoms. The summed E-state index contributed by atoms with van der Waals surface area (Å²) in [6.07, 6.45) is 3.57. The van der Waals surface area contributed by atoms with Crippen molar-refractivity contribution in [2.45, 2.75) is 17.7 Å². The summed E-state index contributed by atoms with van der Waals surface area (Å²) >= 11 is 1.42. The molecule has 8 heteroatoms. The van der Waals surface area contributed by atoms with E-state index in [4.69, 9.17) is 0 Å². The standard InChI is InChI=1S/C20H20N4O2S2/c25-28(26,24-11-4-5-12-24)18-10-6-9-17(13-18)19-15-27-20(22-19)23-21-14-16-7-2-1-3-8-16/h1-3,6-10,13-15H,4-5,11-12H2,(H,22,23). The van der Waals surface area contributed by atoms with Crippen LogP contribution in [0.1, 0.15) is 18.4 Å². The monoisotopic (exact) mass is 412 g/mol. The summed E-state index contributed by atoms with van der Waals surface area (Å²) in [5.41, 5.74) is 5.41. The number of benzene rings is 2. The molecule has 4 rings (SSSR count). The fourth-order valence-electron chi connectivity index (χ4n) is 3.05. The summed E-state index contributed by atoms with van der Waals surface area (Å²) < 4.78 is 27.1. The van der Waals surface area contributed by atoms with Crippen LogP contribution >= 0.6 is 11.3 Å². The number of hydrogen-bond acceptors (Lipinski definition) is 6. The van der Waals surface area contributed by atoms with Gasteiger partial charge < -0.3 is 0 Å². The van der Waals surface area contributed by atoms with E-state index in [1.165, 1.54) is 11.3 Å². The lowest BCUT2D eigenvalue weighted by atomic mass is 10.2. The highest BCUT2D eigenvalue weighted by Crippen LogP contribution is 2.28. The topological polar surface area (TPSA) is 74.7 Å². The van der Waals surface area contributed by atoms with E-state index < -0.39 is 10.0 Å². The van der Waals surface area contributed by atoms with E-state index in [2.05, 4.69) is 15.5 Å². The van der Waals surface area contributed by atoms with Gasteiger partial charge in [-0.05, 0) is 30.5 Å². The molecule has 1 fully saturated rings. The fraction of sp³-hybridized carbons (Fsp3) is 0.200. The molecule has 1 aliphatic rings. The molecule has 0 spiro atoms. The van der Waals surface area contributed by atoms with Crippen molar-refractivity contribution in [2.75, 3.05) is 18.5 Å². The Morgan fingerprint density at radius 1 is 1.07 bits per heavy atom. The van der Waals surface area contributed by atoms with Gasteiger partial charge in [-0.1, -0.05) is 42.5 Å². The van der Waals surface area contributed by atoms with Gasteiger partial charge >= 0.3 is 0 Å². The molecule has 2 heterocycles. The minimum Gasteiger partial charge on any atom is -0.253 e. The van der Waals surface area contributed by atoms with E-state index in [9.17, 15) is 8.42 Å². The van der Waals surface area contributed by atoms with E-state index >= 15 is 0 Å². The largest absolute Gasteiger partial charge is 0.253 e. The second-order valence-corrected chi connectivity index (χ2v) is 9.25. The Labute approximate surface area is 168 Å². The predicted molar refractivity (Wildman–Crippen MR) is 113 cm³/mol. The van der Waals surface area contributed by atoms with Crippen LogP contribution < -0.4 is 5.43 Å². The first-order valence-electron chi connectivity index (χ1n) is 9.03. The molecule has 0 amide bonds. The zero-order valence-corrected chi connectivity index (χ0v) is 16.8. The van der Waals surface area contributed by atoms with Crippen LogP contribution in [0.2, 0.25) is 0 Å². The first-order valence-corrected chi connectivity index (χ1v) is 11.4. The Kier molecular flexibility index (Phi) is 5.52. The first-order chi connectivity index (χ1) is 13.6. The maximum absolute atomic E-state index is 12.8. The number of rotatable bonds is 6. The van der Waals surface area contributed by atoms with Crippen molar-refractivity contribution in [3.63, 3.8) is 0 Å². The Bertz CT molecular complexity index is 1070. The zero-order valence-electron chi connectivity index (χ0n) is 15.2. The molecule has 1 aliphatic heterocycles. The Hall–Kier alpha value is -2.55. The molecule has 1 saturated heterocycles. The highest BCUT2D eigenvalue weighted by molar-refractivity contribution is 7.89. The summed E-state index contributed by atoms with van der Waals surface area (Å²) in [6.45, 7) is 1.19. The number of hydrogen-bond donors (Lipinski definition) is 1. The number of anilines is 1. The molecule has 144 valence electrons. The van der Waals surface area contributed by atoms with Crippen molar-refractivity contribution in [3.8, 4) is 11.3 Å². The van der Waals surface area contributed by atoms with Gasteiger partial charge in [0.25, 0.3) is 0 Å². The van der Waals surface area contributed by atoms with Crippen LogP contribution in [0.5, 0.6) is 0 Å². The van der Waals surface area contributed by atoms with Crippen LogP contribution in [0.3, 0.4) is 0 Å². The molecule has 0 aliphatic carbocycles. The van der Waals surface area contributed by atoms with Crippen LogP contribution in [0, 0.1) is 0 Å². The van der Waals surface area contributed by atoms with Crippen LogP contribution in [0.25, 0.3) is 11.3 Å². The number of nitrogens with one attached hydrogen (secondary N) is 1. The maximum atomic E-state index is 12.8. The van der Waals surface area contributed by atoms with Gasteiger partial charge in [-0.15, -0.1) is 11.3 Å². The molecule has 2 aromatic carbocycles. The molecule has 1 N–H and O–H groups in total. The molecule has 0 unspecified atom stereocenters. The minimum atomic E-state index is -3.44. The van der Waals surface area contributed by atoms with Crippen molar-refractivity contribution >= 4 is 32.7 Å². The van der Waals surface area contributed by atoms with Gasteiger partial charge in [0, 0.05) is 24.0 Å². The van der Waals surface area contributed by atoms with Crippen molar-refractivity contribution < 1.29 is 8.42 Å². The number of thiazole rings is 1. The van der Waals surface area contributed by atoms with Crippen LogP contribution in [-0.2, 0) is 10.0 Å². The Balaban J connectivity index is 1.50. The molecule has 3 aromatic rings. The minimum absolute atomic E-state index is 0.316. The third-order valence-corrected chi connectivity index (χ3v) is 7.15. The summed E-state index contributed by atoms with van der Waals surface area (Å²) in [5.74, 6) is 0. The highest BCUT2D eigenvalue weighted by atomic mass is 32.2. The summed E-state index contributed by atoms with van der Waals surface area (Å²) in [6, 6.07) is 16.8. The van der Waals surface area contributed by atoms with Crippen molar-refractivity contribution in [2.24, 2.45) is 5.10 Å². The SMILES string of the molecule is O=S(=O)(c1cccc(-c2csc(NN=Cc3ccccc3)n2)c1)N1CCCC1. The van der Waals surface area contributed by atoms with E-state index in [0.717, 1.165) is 29.7 Å². The third-order valence-electron chi connectivity index (χ3n) is 4.51. The molecule has 6 nitrogen and oxygen atoms in total. The average molecular weight is 413 g/mol. The highest BCUT2D eigenvalue weighted by Gasteiger charge is 2.27. The predicted octanol–water partition coefficient (Wildman–Crippen LogP) is 4.04. The smallest absolute Gasteiger partial charge is 0.243 e. The van der Waals surface area contributed by atoms with Crippen LogP contribution in [0.4, 0.5) is 5.13 Å². The zero-order chi connectivity index (χ0) is 19.4. The van der Waals surface area contributed by atoms with Gasteiger partial charge in [-0.3, -0.25) is 5.43 Å². The van der Waals surface area contributed by atoms with Gasteiger partial charge in [0.05, 0.1) is 16.8 Å². The molecule has 1 aromatic heterocycles. The summed E-state index contributed by atoms with van der Waals surface area (Å²) in [5, 5.41) is 6.74. The lowest BCUT2D eigenvalue weighted by Gasteiger charge is -2.15. The molecular weight excluding hydrogens is 392 g/mol. The molecule has 28 heavy (non-hydrogen) atoms. The van der Waals surface area contributed by atoms with E-state index in [1.807, 2.05) is 41.8 Å². The Morgan fingerprint density at radius 2 is 1.86 bits per heavy atom. The van der Waals surface area contributed by atoms with E-state index in [1.54, 1.807) is 28.7 Å². The number of sulfonamides is 1. The van der Waals surface area contributed by atoms with Gasteiger partial charge in [-0.2, -0.15) is 9.41 Å². The van der Waals surface area contributed by atoms with Crippen molar-refractivity contribution in [1.82, 2.24) is 9.29 Å². The number of hydrazone groups is 1. The normalized spacial score (nSPS) is 15.3. The van der Waals surface area contributed by atoms with Crippen molar-refractivity contribution in [3.05, 3.63) is 65.5 Å². The number of nitrogens with zero attached hydrogens (tertiary/aromatic N) is 3. The van der Waals surface area contributed by atoms with Gasteiger partial charge in [-0.25, -0.2) is 13.4 Å². The lowest BCUT2D eigenvalue weighted by molar-refractivity contribution is 0.477. The third kappa shape index (κ3) is 4.14. The second-order valence-electron chi connectivity index (χ2n) is 6.46. The molecular formula is C20H20N4O2S2. The van der Waals surface area contributed by atoms with Crippen molar-refractivity contribution in [1.29, 1.82) is 0 Å². The van der Waals surface area contributed by atoms with Gasteiger partial charge in [0.2, 0.25) is 15.2 Å².